The van der Waals surface area contributed by atoms with Crippen molar-refractivity contribution in [2.45, 2.75) is 26.1 Å². The summed E-state index contributed by atoms with van der Waals surface area (Å²) in [5, 5.41) is 18.6. The van der Waals surface area contributed by atoms with E-state index >= 15 is 0 Å². The third-order valence-electron chi connectivity index (χ3n) is 3.97. The molecule has 0 aromatic carbocycles. The van der Waals surface area contributed by atoms with Crippen LogP contribution in [0.1, 0.15) is 29.4 Å². The van der Waals surface area contributed by atoms with Crippen LogP contribution in [0.15, 0.2) is 36.0 Å². The van der Waals surface area contributed by atoms with Crippen molar-refractivity contribution in [1.29, 1.82) is 0 Å². The third kappa shape index (κ3) is 4.38. The van der Waals surface area contributed by atoms with E-state index in [0.717, 1.165) is 10.6 Å². The maximum absolute atomic E-state index is 12.5. The molecule has 3 heterocycles. The van der Waals surface area contributed by atoms with Crippen LogP contribution in [0, 0.1) is 0 Å². The van der Waals surface area contributed by atoms with E-state index in [9.17, 15) is 9.90 Å². The minimum Gasteiger partial charge on any atom is -0.391 e. The summed E-state index contributed by atoms with van der Waals surface area (Å²) in [6.45, 7) is 2.20. The van der Waals surface area contributed by atoms with Gasteiger partial charge in [-0.05, 0) is 23.9 Å². The fraction of sp³-hybridized carbons (Fsp3) is 0.333. The molecule has 0 radical (unpaired) electrons. The van der Waals surface area contributed by atoms with Gasteiger partial charge in [-0.15, -0.1) is 11.3 Å². The molecule has 0 bridgehead atoms. The maximum atomic E-state index is 12.5. The summed E-state index contributed by atoms with van der Waals surface area (Å²) in [5.74, 6) is 0.0378. The number of carbonyl (C=O) groups is 1. The molecule has 0 saturated heterocycles. The monoisotopic (exact) mass is 387 g/mol. The van der Waals surface area contributed by atoms with Crippen LogP contribution < -0.4 is 5.32 Å². The molecular weight excluding hydrogens is 366 g/mol. The summed E-state index contributed by atoms with van der Waals surface area (Å²) in [6, 6.07) is 5.77. The van der Waals surface area contributed by atoms with Crippen LogP contribution in [-0.2, 0) is 11.3 Å². The number of hydrogen-bond donors (Lipinski definition) is 2. The van der Waals surface area contributed by atoms with E-state index in [2.05, 4.69) is 20.4 Å². The highest BCUT2D eigenvalue weighted by Crippen LogP contribution is 2.23. The lowest BCUT2D eigenvalue weighted by molar-refractivity contribution is 0.0909. The average molecular weight is 387 g/mol. The van der Waals surface area contributed by atoms with Crippen LogP contribution in [0.4, 0.5) is 0 Å². The lowest BCUT2D eigenvalue weighted by Gasteiger charge is -2.11. The maximum Gasteiger partial charge on any atom is 0.254 e. The first-order valence-electron chi connectivity index (χ1n) is 8.53. The molecule has 1 atom stereocenters. The number of amides is 1. The molecule has 8 nitrogen and oxygen atoms in total. The predicted molar refractivity (Wildman–Crippen MR) is 102 cm³/mol. The molecule has 2 N–H and O–H groups in total. The number of nitrogens with zero attached hydrogens (tertiary/aromatic N) is 4. The molecular formula is C18H21N5O3S. The number of nitrogens with one attached hydrogen (secondary N) is 1. The number of carbonyl (C=O) groups excluding carboxylic acids is 1. The summed E-state index contributed by atoms with van der Waals surface area (Å²) >= 11 is 1.58. The van der Waals surface area contributed by atoms with E-state index in [1.165, 1.54) is 10.9 Å². The Kier molecular flexibility index (Phi) is 6.28. The van der Waals surface area contributed by atoms with Crippen LogP contribution >= 0.6 is 11.3 Å². The van der Waals surface area contributed by atoms with Gasteiger partial charge in [0.1, 0.15) is 0 Å². The molecule has 142 valence electrons. The molecule has 0 aliphatic heterocycles. The van der Waals surface area contributed by atoms with Crippen molar-refractivity contribution in [2.24, 2.45) is 0 Å². The van der Waals surface area contributed by atoms with Gasteiger partial charge >= 0.3 is 0 Å². The fourth-order valence-corrected chi connectivity index (χ4v) is 3.17. The SMILES string of the molecule is CCC(O)CNC(=O)c1cnn(-c2nccc(-c3cccs3)n2)c1COC. The molecule has 1 amide bonds. The number of aliphatic hydroxyl groups excluding tert-OH is 1. The lowest BCUT2D eigenvalue weighted by atomic mass is 10.2. The second kappa shape index (κ2) is 8.85. The predicted octanol–water partition coefficient (Wildman–Crippen LogP) is 2.04. The Morgan fingerprint density at radius 3 is 3.00 bits per heavy atom. The molecule has 1 unspecified atom stereocenters. The molecule has 0 fully saturated rings. The first-order chi connectivity index (χ1) is 13.1. The zero-order valence-electron chi connectivity index (χ0n) is 15.1. The van der Waals surface area contributed by atoms with Gasteiger partial charge in [-0.1, -0.05) is 13.0 Å². The van der Waals surface area contributed by atoms with Crippen molar-refractivity contribution in [3.05, 3.63) is 47.2 Å². The standard InChI is InChI=1S/C18H21N5O3S/c1-3-12(24)9-20-17(25)13-10-21-23(15(13)11-26-2)18-19-7-6-14(22-18)16-5-4-8-27-16/h4-8,10,12,24H,3,9,11H2,1-2H3,(H,20,25). The topological polar surface area (TPSA) is 102 Å². The summed E-state index contributed by atoms with van der Waals surface area (Å²) in [7, 11) is 1.54. The summed E-state index contributed by atoms with van der Waals surface area (Å²) in [4.78, 5) is 22.4. The molecule has 0 aliphatic carbocycles. The molecule has 3 aromatic rings. The van der Waals surface area contributed by atoms with Gasteiger partial charge in [-0.2, -0.15) is 9.78 Å². The number of rotatable bonds is 8. The minimum atomic E-state index is -0.583. The number of aromatic nitrogens is 4. The highest BCUT2D eigenvalue weighted by molar-refractivity contribution is 7.13. The second-order valence-corrected chi connectivity index (χ2v) is 6.79. The fourth-order valence-electron chi connectivity index (χ4n) is 2.47. The Balaban J connectivity index is 1.91. The Morgan fingerprint density at radius 1 is 1.44 bits per heavy atom. The number of aliphatic hydroxyl groups is 1. The molecule has 0 saturated carbocycles. The normalized spacial score (nSPS) is 12.1. The average Bonchev–Trinajstić information content (AvgIpc) is 3.36. The van der Waals surface area contributed by atoms with E-state index in [1.54, 1.807) is 24.6 Å². The van der Waals surface area contributed by atoms with Crippen molar-refractivity contribution in [3.63, 3.8) is 0 Å². The van der Waals surface area contributed by atoms with Crippen molar-refractivity contribution >= 4 is 17.2 Å². The van der Waals surface area contributed by atoms with Gasteiger partial charge in [0.25, 0.3) is 11.9 Å². The van der Waals surface area contributed by atoms with Crippen molar-refractivity contribution in [1.82, 2.24) is 25.1 Å². The van der Waals surface area contributed by atoms with Gasteiger partial charge in [-0.25, -0.2) is 9.97 Å². The van der Waals surface area contributed by atoms with Crippen molar-refractivity contribution in [2.75, 3.05) is 13.7 Å². The largest absolute Gasteiger partial charge is 0.391 e. The van der Waals surface area contributed by atoms with Gasteiger partial charge in [0.2, 0.25) is 0 Å². The van der Waals surface area contributed by atoms with Gasteiger partial charge < -0.3 is 15.2 Å². The molecule has 3 rings (SSSR count). The molecule has 0 spiro atoms. The van der Waals surface area contributed by atoms with E-state index < -0.39 is 6.10 Å². The lowest BCUT2D eigenvalue weighted by Crippen LogP contribution is -2.32. The highest BCUT2D eigenvalue weighted by Gasteiger charge is 2.20. The van der Waals surface area contributed by atoms with Gasteiger partial charge in [0, 0.05) is 19.9 Å². The molecule has 0 aliphatic rings. The first-order valence-corrected chi connectivity index (χ1v) is 9.41. The van der Waals surface area contributed by atoms with Crippen LogP contribution in [0.5, 0.6) is 0 Å². The van der Waals surface area contributed by atoms with Crippen LogP contribution in [0.3, 0.4) is 0 Å². The van der Waals surface area contributed by atoms with Gasteiger partial charge in [0.05, 0.1) is 40.7 Å². The highest BCUT2D eigenvalue weighted by atomic mass is 32.1. The quantitative estimate of drug-likeness (QED) is 0.613. The van der Waals surface area contributed by atoms with Crippen molar-refractivity contribution in [3.8, 4) is 16.5 Å². The number of methoxy groups -OCH3 is 1. The second-order valence-electron chi connectivity index (χ2n) is 5.84. The summed E-state index contributed by atoms with van der Waals surface area (Å²) < 4.78 is 6.75. The Bertz CT molecular complexity index is 894. The Morgan fingerprint density at radius 2 is 2.30 bits per heavy atom. The van der Waals surface area contributed by atoms with Crippen molar-refractivity contribution < 1.29 is 14.6 Å². The van der Waals surface area contributed by atoms with Gasteiger partial charge in [-0.3, -0.25) is 4.79 Å². The van der Waals surface area contributed by atoms with Crippen LogP contribution in [-0.4, -0.2) is 50.5 Å². The van der Waals surface area contributed by atoms with Crippen LogP contribution in [0.25, 0.3) is 16.5 Å². The smallest absolute Gasteiger partial charge is 0.254 e. The number of ether oxygens (including phenoxy) is 1. The van der Waals surface area contributed by atoms with Gasteiger partial charge in [0.15, 0.2) is 0 Å². The van der Waals surface area contributed by atoms with E-state index in [4.69, 9.17) is 4.74 Å². The summed E-state index contributed by atoms with van der Waals surface area (Å²) in [6.07, 6.45) is 3.10. The Labute approximate surface area is 160 Å². The van der Waals surface area contributed by atoms with Crippen LogP contribution in [0.2, 0.25) is 0 Å². The third-order valence-corrected chi connectivity index (χ3v) is 4.86. The molecule has 3 aromatic heterocycles. The minimum absolute atomic E-state index is 0.172. The zero-order chi connectivity index (χ0) is 19.2. The molecule has 9 heteroatoms. The van der Waals surface area contributed by atoms with E-state index in [-0.39, 0.29) is 19.1 Å². The summed E-state index contributed by atoms with van der Waals surface area (Å²) in [5.41, 5.74) is 1.69. The number of hydrogen-bond acceptors (Lipinski definition) is 7. The Hall–Kier alpha value is -2.62. The molecule has 27 heavy (non-hydrogen) atoms. The number of thiophene rings is 1. The van der Waals surface area contributed by atoms with E-state index in [1.807, 2.05) is 30.5 Å². The van der Waals surface area contributed by atoms with E-state index in [0.29, 0.717) is 23.6 Å². The zero-order valence-corrected chi connectivity index (χ0v) is 15.9. The first kappa shape index (κ1) is 19.2.